The predicted molar refractivity (Wildman–Crippen MR) is 95.2 cm³/mol. The van der Waals surface area contributed by atoms with Crippen LogP contribution in [0.5, 0.6) is 0 Å². The summed E-state index contributed by atoms with van der Waals surface area (Å²) in [6, 6.07) is 14.0. The number of halogens is 2. The standard InChI is InChI=1S/C19H20ClFN2O2/c20-18-10-15(21)6-7-17(18)19(24)22-11-16-13-23(8-9-25-16)12-14-4-2-1-3-5-14/h1-7,10,16H,8-9,11-13H2,(H,22,24). The van der Waals surface area contributed by atoms with E-state index in [1.807, 2.05) is 18.2 Å². The molecular formula is C19H20ClFN2O2. The van der Waals surface area contributed by atoms with E-state index in [2.05, 4.69) is 22.3 Å². The first-order valence-electron chi connectivity index (χ1n) is 8.23. The number of morpholine rings is 1. The fourth-order valence-electron chi connectivity index (χ4n) is 2.86. The van der Waals surface area contributed by atoms with Crippen LogP contribution < -0.4 is 5.32 Å². The number of carbonyl (C=O) groups excluding carboxylic acids is 1. The average molecular weight is 363 g/mol. The molecule has 25 heavy (non-hydrogen) atoms. The molecule has 0 bridgehead atoms. The molecule has 2 aromatic rings. The molecule has 0 spiro atoms. The van der Waals surface area contributed by atoms with Gasteiger partial charge in [-0.2, -0.15) is 0 Å². The summed E-state index contributed by atoms with van der Waals surface area (Å²) in [6.07, 6.45) is -0.0827. The molecule has 0 aliphatic carbocycles. The van der Waals surface area contributed by atoms with Gasteiger partial charge in [-0.15, -0.1) is 0 Å². The van der Waals surface area contributed by atoms with Gasteiger partial charge in [-0.3, -0.25) is 9.69 Å². The Morgan fingerprint density at radius 1 is 1.28 bits per heavy atom. The minimum atomic E-state index is -0.464. The highest BCUT2D eigenvalue weighted by molar-refractivity contribution is 6.33. The summed E-state index contributed by atoms with van der Waals surface area (Å²) < 4.78 is 18.8. The molecule has 2 aromatic carbocycles. The smallest absolute Gasteiger partial charge is 0.252 e. The van der Waals surface area contributed by atoms with Gasteiger partial charge >= 0.3 is 0 Å². The Labute approximate surface area is 151 Å². The van der Waals surface area contributed by atoms with Crippen LogP contribution in [0.15, 0.2) is 48.5 Å². The molecule has 1 unspecified atom stereocenters. The number of carbonyl (C=O) groups is 1. The van der Waals surface area contributed by atoms with Crippen LogP contribution in [0.4, 0.5) is 4.39 Å². The van der Waals surface area contributed by atoms with E-state index in [1.165, 1.54) is 17.7 Å². The summed E-state index contributed by atoms with van der Waals surface area (Å²) in [5.41, 5.74) is 1.52. The molecular weight excluding hydrogens is 343 g/mol. The van der Waals surface area contributed by atoms with E-state index < -0.39 is 5.82 Å². The number of hydrogen-bond acceptors (Lipinski definition) is 3. The number of rotatable bonds is 5. The van der Waals surface area contributed by atoms with Gasteiger partial charge in [0.2, 0.25) is 0 Å². The fraction of sp³-hybridized carbons (Fsp3) is 0.316. The van der Waals surface area contributed by atoms with E-state index >= 15 is 0 Å². The first-order valence-corrected chi connectivity index (χ1v) is 8.61. The van der Waals surface area contributed by atoms with Crippen LogP contribution in [0.1, 0.15) is 15.9 Å². The van der Waals surface area contributed by atoms with Gasteiger partial charge in [0, 0.05) is 26.2 Å². The summed E-state index contributed by atoms with van der Waals surface area (Å²) in [5, 5.41) is 2.92. The molecule has 1 aliphatic heterocycles. The molecule has 1 heterocycles. The van der Waals surface area contributed by atoms with Crippen molar-refractivity contribution in [3.63, 3.8) is 0 Å². The second-order valence-corrected chi connectivity index (χ2v) is 6.45. The maximum absolute atomic E-state index is 13.1. The number of hydrogen-bond donors (Lipinski definition) is 1. The van der Waals surface area contributed by atoms with E-state index in [0.29, 0.717) is 13.2 Å². The van der Waals surface area contributed by atoms with Crippen LogP contribution in [0, 0.1) is 5.82 Å². The summed E-state index contributed by atoms with van der Waals surface area (Å²) in [4.78, 5) is 14.5. The molecule has 1 saturated heterocycles. The van der Waals surface area contributed by atoms with Gasteiger partial charge in [-0.25, -0.2) is 4.39 Å². The number of ether oxygens (including phenoxy) is 1. The van der Waals surface area contributed by atoms with Crippen molar-refractivity contribution in [2.75, 3.05) is 26.2 Å². The third-order valence-electron chi connectivity index (χ3n) is 4.14. The van der Waals surface area contributed by atoms with Crippen molar-refractivity contribution in [3.8, 4) is 0 Å². The van der Waals surface area contributed by atoms with Gasteiger partial charge in [-0.1, -0.05) is 41.9 Å². The fourth-order valence-corrected chi connectivity index (χ4v) is 3.12. The molecule has 1 N–H and O–H groups in total. The minimum Gasteiger partial charge on any atom is -0.374 e. The lowest BCUT2D eigenvalue weighted by atomic mass is 10.1. The van der Waals surface area contributed by atoms with Gasteiger partial charge in [-0.05, 0) is 23.8 Å². The zero-order valence-electron chi connectivity index (χ0n) is 13.8. The van der Waals surface area contributed by atoms with Crippen LogP contribution >= 0.6 is 11.6 Å². The molecule has 1 fully saturated rings. The average Bonchev–Trinajstić information content (AvgIpc) is 2.61. The Hall–Kier alpha value is -1.95. The van der Waals surface area contributed by atoms with Gasteiger partial charge in [0.05, 0.1) is 23.3 Å². The second-order valence-electron chi connectivity index (χ2n) is 6.05. The van der Waals surface area contributed by atoms with Crippen LogP contribution in [-0.4, -0.2) is 43.2 Å². The van der Waals surface area contributed by atoms with Gasteiger partial charge in [0.15, 0.2) is 0 Å². The lowest BCUT2D eigenvalue weighted by Crippen LogP contribution is -2.47. The van der Waals surface area contributed by atoms with E-state index in [-0.39, 0.29) is 22.6 Å². The van der Waals surface area contributed by atoms with Gasteiger partial charge < -0.3 is 10.1 Å². The van der Waals surface area contributed by atoms with Crippen LogP contribution in [-0.2, 0) is 11.3 Å². The first-order chi connectivity index (χ1) is 12.1. The van der Waals surface area contributed by atoms with Crippen molar-refractivity contribution in [3.05, 3.63) is 70.5 Å². The third kappa shape index (κ3) is 5.01. The zero-order chi connectivity index (χ0) is 17.6. The number of amides is 1. The number of benzene rings is 2. The molecule has 4 nitrogen and oxygen atoms in total. The number of nitrogens with one attached hydrogen (secondary N) is 1. The molecule has 1 atom stereocenters. The quantitative estimate of drug-likeness (QED) is 0.888. The Balaban J connectivity index is 1.51. The SMILES string of the molecule is O=C(NCC1CN(Cc2ccccc2)CCO1)c1ccc(F)cc1Cl. The van der Waals surface area contributed by atoms with Crippen molar-refractivity contribution in [1.82, 2.24) is 10.2 Å². The highest BCUT2D eigenvalue weighted by Gasteiger charge is 2.21. The summed E-state index contributed by atoms with van der Waals surface area (Å²) in [7, 11) is 0. The molecule has 0 radical (unpaired) electrons. The third-order valence-corrected chi connectivity index (χ3v) is 4.45. The molecule has 132 valence electrons. The Morgan fingerprint density at radius 3 is 2.84 bits per heavy atom. The maximum atomic E-state index is 13.1. The first kappa shape index (κ1) is 17.9. The molecule has 0 saturated carbocycles. The monoisotopic (exact) mass is 362 g/mol. The van der Waals surface area contributed by atoms with Crippen molar-refractivity contribution in [2.45, 2.75) is 12.6 Å². The van der Waals surface area contributed by atoms with E-state index in [0.717, 1.165) is 25.7 Å². The van der Waals surface area contributed by atoms with Crippen molar-refractivity contribution < 1.29 is 13.9 Å². The predicted octanol–water partition coefficient (Wildman–Crippen LogP) is 3.11. The lowest BCUT2D eigenvalue weighted by Gasteiger charge is -2.33. The highest BCUT2D eigenvalue weighted by Crippen LogP contribution is 2.17. The van der Waals surface area contributed by atoms with Gasteiger partial charge in [0.25, 0.3) is 5.91 Å². The molecule has 1 aliphatic rings. The normalized spacial score (nSPS) is 18.1. The van der Waals surface area contributed by atoms with Crippen LogP contribution in [0.25, 0.3) is 0 Å². The Morgan fingerprint density at radius 2 is 2.08 bits per heavy atom. The Bertz CT molecular complexity index is 727. The minimum absolute atomic E-state index is 0.0827. The molecule has 0 aromatic heterocycles. The topological polar surface area (TPSA) is 41.6 Å². The molecule has 1 amide bonds. The molecule has 3 rings (SSSR count). The maximum Gasteiger partial charge on any atom is 0.252 e. The largest absolute Gasteiger partial charge is 0.374 e. The second kappa shape index (κ2) is 8.43. The number of nitrogens with zero attached hydrogens (tertiary/aromatic N) is 1. The van der Waals surface area contributed by atoms with Crippen molar-refractivity contribution in [2.24, 2.45) is 0 Å². The summed E-state index contributed by atoms with van der Waals surface area (Å²) in [6.45, 7) is 3.48. The van der Waals surface area contributed by atoms with Gasteiger partial charge in [0.1, 0.15) is 5.82 Å². The summed E-state index contributed by atoms with van der Waals surface area (Å²) in [5.74, 6) is -0.789. The lowest BCUT2D eigenvalue weighted by molar-refractivity contribution is -0.0292. The Kier molecular flexibility index (Phi) is 6.02. The van der Waals surface area contributed by atoms with Crippen molar-refractivity contribution in [1.29, 1.82) is 0 Å². The van der Waals surface area contributed by atoms with E-state index in [4.69, 9.17) is 16.3 Å². The zero-order valence-corrected chi connectivity index (χ0v) is 14.5. The van der Waals surface area contributed by atoms with Crippen LogP contribution in [0.3, 0.4) is 0 Å². The van der Waals surface area contributed by atoms with Crippen molar-refractivity contribution >= 4 is 17.5 Å². The summed E-state index contributed by atoms with van der Waals surface area (Å²) >= 11 is 5.92. The molecule has 6 heteroatoms. The highest BCUT2D eigenvalue weighted by atomic mass is 35.5. The van der Waals surface area contributed by atoms with Crippen LogP contribution in [0.2, 0.25) is 5.02 Å². The van der Waals surface area contributed by atoms with E-state index in [1.54, 1.807) is 0 Å². The van der Waals surface area contributed by atoms with E-state index in [9.17, 15) is 9.18 Å².